The summed E-state index contributed by atoms with van der Waals surface area (Å²) in [6.07, 6.45) is 0.0196. The van der Waals surface area contributed by atoms with Crippen molar-refractivity contribution in [3.8, 4) is 0 Å². The number of aromatic amines is 1. The summed E-state index contributed by atoms with van der Waals surface area (Å²) in [7, 11) is 0. The van der Waals surface area contributed by atoms with E-state index in [2.05, 4.69) is 25.7 Å². The zero-order valence-corrected chi connectivity index (χ0v) is 13.1. The second-order valence-electron chi connectivity index (χ2n) is 5.56. The molecule has 1 amide bonds. The van der Waals surface area contributed by atoms with Gasteiger partial charge in [-0.15, -0.1) is 10.2 Å². The molecular weight excluding hydrogens is 318 g/mol. The molecule has 2 heterocycles. The van der Waals surface area contributed by atoms with Crippen molar-refractivity contribution in [1.82, 2.24) is 20.4 Å². The van der Waals surface area contributed by atoms with Crippen LogP contribution in [-0.2, 0) is 11.2 Å². The summed E-state index contributed by atoms with van der Waals surface area (Å²) in [6.45, 7) is 0. The third-order valence-electron chi connectivity index (χ3n) is 3.86. The number of nitrogens with one attached hydrogen (secondary N) is 2. The van der Waals surface area contributed by atoms with Crippen LogP contribution in [0.25, 0.3) is 21.7 Å². The third-order valence-corrected chi connectivity index (χ3v) is 3.86. The molecular formula is C18H13N5O2. The summed E-state index contributed by atoms with van der Waals surface area (Å²) in [6, 6.07) is 16.3. The van der Waals surface area contributed by atoms with E-state index in [-0.39, 0.29) is 17.9 Å². The lowest BCUT2D eigenvalue weighted by molar-refractivity contribution is -0.115. The van der Waals surface area contributed by atoms with E-state index in [1.165, 1.54) is 0 Å². The van der Waals surface area contributed by atoms with Crippen molar-refractivity contribution < 1.29 is 4.79 Å². The van der Waals surface area contributed by atoms with Crippen LogP contribution in [0.5, 0.6) is 0 Å². The molecule has 122 valence electrons. The number of H-pyrrole nitrogens is 1. The molecule has 0 saturated carbocycles. The van der Waals surface area contributed by atoms with Crippen molar-refractivity contribution in [1.29, 1.82) is 0 Å². The monoisotopic (exact) mass is 331 g/mol. The molecule has 2 N–H and O–H groups in total. The van der Waals surface area contributed by atoms with Crippen molar-refractivity contribution in [2.45, 2.75) is 6.42 Å². The molecule has 7 nitrogen and oxygen atoms in total. The summed E-state index contributed by atoms with van der Waals surface area (Å²) < 4.78 is 0. The molecule has 25 heavy (non-hydrogen) atoms. The Kier molecular flexibility index (Phi) is 3.66. The van der Waals surface area contributed by atoms with E-state index in [9.17, 15) is 9.59 Å². The van der Waals surface area contributed by atoms with Gasteiger partial charge in [0.25, 0.3) is 5.56 Å². The molecule has 0 fully saturated rings. The minimum absolute atomic E-state index is 0.0196. The number of amides is 1. The average Bonchev–Trinajstić information content (AvgIpc) is 2.64. The van der Waals surface area contributed by atoms with Crippen LogP contribution in [0.15, 0.2) is 59.4 Å². The predicted molar refractivity (Wildman–Crippen MR) is 94.2 cm³/mol. The van der Waals surface area contributed by atoms with Crippen molar-refractivity contribution in [3.63, 3.8) is 0 Å². The first-order valence-corrected chi connectivity index (χ1v) is 7.69. The zero-order chi connectivity index (χ0) is 17.2. The zero-order valence-electron chi connectivity index (χ0n) is 13.1. The smallest absolute Gasteiger partial charge is 0.272 e. The molecule has 4 aromatic rings. The molecule has 0 atom stereocenters. The Morgan fingerprint density at radius 1 is 1.00 bits per heavy atom. The first kappa shape index (κ1) is 14.9. The van der Waals surface area contributed by atoms with Crippen molar-refractivity contribution >= 4 is 33.4 Å². The highest BCUT2D eigenvalue weighted by Crippen LogP contribution is 2.15. The maximum atomic E-state index is 12.3. The SMILES string of the molecule is O=C(Cc1n[nH]c(=O)c2ccccc12)Nc1cc2ccccc2nn1. The fraction of sp³-hybridized carbons (Fsp3) is 0.0556. The quantitative estimate of drug-likeness (QED) is 0.598. The molecule has 0 aliphatic rings. The number of rotatable bonds is 3. The topological polar surface area (TPSA) is 101 Å². The molecule has 2 aromatic carbocycles. The van der Waals surface area contributed by atoms with E-state index in [0.717, 1.165) is 10.9 Å². The number of benzene rings is 2. The summed E-state index contributed by atoms with van der Waals surface area (Å²) in [4.78, 5) is 24.1. The van der Waals surface area contributed by atoms with Crippen LogP contribution in [0.2, 0.25) is 0 Å². The first-order chi connectivity index (χ1) is 12.2. The molecule has 2 aromatic heterocycles. The molecule has 0 unspecified atom stereocenters. The Morgan fingerprint density at radius 3 is 2.64 bits per heavy atom. The number of hydrogen-bond donors (Lipinski definition) is 2. The largest absolute Gasteiger partial charge is 0.309 e. The van der Waals surface area contributed by atoms with Crippen molar-refractivity contribution in [2.24, 2.45) is 0 Å². The number of nitrogens with zero attached hydrogens (tertiary/aromatic N) is 3. The van der Waals surface area contributed by atoms with E-state index in [1.54, 1.807) is 30.3 Å². The van der Waals surface area contributed by atoms with Crippen molar-refractivity contribution in [3.05, 3.63) is 70.6 Å². The van der Waals surface area contributed by atoms with Gasteiger partial charge < -0.3 is 5.32 Å². The maximum absolute atomic E-state index is 12.3. The minimum Gasteiger partial charge on any atom is -0.309 e. The highest BCUT2D eigenvalue weighted by Gasteiger charge is 2.11. The van der Waals surface area contributed by atoms with Gasteiger partial charge in [0, 0.05) is 10.8 Å². The molecule has 0 saturated heterocycles. The maximum Gasteiger partial charge on any atom is 0.272 e. The van der Waals surface area contributed by atoms with Crippen LogP contribution < -0.4 is 10.9 Å². The van der Waals surface area contributed by atoms with Gasteiger partial charge in [-0.3, -0.25) is 9.59 Å². The lowest BCUT2D eigenvalue weighted by Gasteiger charge is -2.06. The van der Waals surface area contributed by atoms with E-state index < -0.39 is 0 Å². The number of carbonyl (C=O) groups is 1. The number of hydrogen-bond acceptors (Lipinski definition) is 5. The highest BCUT2D eigenvalue weighted by molar-refractivity contribution is 5.95. The van der Waals surface area contributed by atoms with Gasteiger partial charge in [-0.05, 0) is 18.2 Å². The number of anilines is 1. The van der Waals surface area contributed by atoms with Gasteiger partial charge in [-0.2, -0.15) is 5.10 Å². The molecule has 0 aliphatic heterocycles. The fourth-order valence-corrected chi connectivity index (χ4v) is 2.69. The van der Waals surface area contributed by atoms with E-state index >= 15 is 0 Å². The lowest BCUT2D eigenvalue weighted by Crippen LogP contribution is -2.19. The highest BCUT2D eigenvalue weighted by atomic mass is 16.1. The summed E-state index contributed by atoms with van der Waals surface area (Å²) in [5.41, 5.74) is 0.982. The Hall–Kier alpha value is -3.61. The summed E-state index contributed by atoms with van der Waals surface area (Å²) in [5.74, 6) is 0.0895. The van der Waals surface area contributed by atoms with Crippen LogP contribution >= 0.6 is 0 Å². The third kappa shape index (κ3) is 2.94. The van der Waals surface area contributed by atoms with Gasteiger partial charge in [0.05, 0.1) is 23.0 Å². The first-order valence-electron chi connectivity index (χ1n) is 7.69. The molecule has 0 bridgehead atoms. The Morgan fingerprint density at radius 2 is 1.76 bits per heavy atom. The van der Waals surface area contributed by atoms with Gasteiger partial charge in [-0.1, -0.05) is 36.4 Å². The van der Waals surface area contributed by atoms with Gasteiger partial charge >= 0.3 is 0 Å². The molecule has 7 heteroatoms. The second-order valence-corrected chi connectivity index (χ2v) is 5.56. The normalized spacial score (nSPS) is 10.9. The van der Waals surface area contributed by atoms with Crippen LogP contribution in [-0.4, -0.2) is 26.3 Å². The van der Waals surface area contributed by atoms with Gasteiger partial charge in [0.2, 0.25) is 5.91 Å². The second kappa shape index (κ2) is 6.12. The van der Waals surface area contributed by atoms with Crippen LogP contribution in [0.4, 0.5) is 5.82 Å². The standard InChI is InChI=1S/C18H13N5O2/c24-17(19-16-9-11-5-1-4-8-14(11)20-22-16)10-15-12-6-2-3-7-13(12)18(25)23-21-15/h1-9H,10H2,(H,23,25)(H,19,22,24). The average molecular weight is 331 g/mol. The summed E-state index contributed by atoms with van der Waals surface area (Å²) >= 11 is 0. The summed E-state index contributed by atoms with van der Waals surface area (Å²) in [5, 5.41) is 19.3. The fourth-order valence-electron chi connectivity index (χ4n) is 2.69. The molecule has 0 spiro atoms. The molecule has 0 radical (unpaired) electrons. The van der Waals surface area contributed by atoms with Gasteiger partial charge in [-0.25, -0.2) is 5.10 Å². The van der Waals surface area contributed by atoms with Gasteiger partial charge in [0.15, 0.2) is 5.82 Å². The minimum atomic E-state index is -0.283. The molecule has 4 rings (SSSR count). The lowest BCUT2D eigenvalue weighted by atomic mass is 10.1. The predicted octanol–water partition coefficient (Wildman–Crippen LogP) is 2.05. The van der Waals surface area contributed by atoms with Crippen LogP contribution in [0.1, 0.15) is 5.69 Å². The van der Waals surface area contributed by atoms with Crippen LogP contribution in [0.3, 0.4) is 0 Å². The number of carbonyl (C=O) groups excluding carboxylic acids is 1. The van der Waals surface area contributed by atoms with E-state index in [4.69, 9.17) is 0 Å². The Balaban J connectivity index is 1.60. The Labute approximate surface area is 141 Å². The van der Waals surface area contributed by atoms with Crippen molar-refractivity contribution in [2.75, 3.05) is 5.32 Å². The van der Waals surface area contributed by atoms with E-state index in [1.807, 2.05) is 24.3 Å². The number of aromatic nitrogens is 4. The van der Waals surface area contributed by atoms with E-state index in [0.29, 0.717) is 22.3 Å². The number of fused-ring (bicyclic) bond motifs is 2. The molecule has 0 aliphatic carbocycles. The van der Waals surface area contributed by atoms with Gasteiger partial charge in [0.1, 0.15) is 0 Å². The Bertz CT molecular complexity index is 1150. The van der Waals surface area contributed by atoms with Crippen LogP contribution in [0, 0.1) is 0 Å².